The van der Waals surface area contributed by atoms with E-state index in [4.69, 9.17) is 16.6 Å². The Kier molecular flexibility index (Phi) is 6.25. The molecule has 0 aliphatic carbocycles. The summed E-state index contributed by atoms with van der Waals surface area (Å²) in [5, 5.41) is 5.24. The molecule has 0 bridgehead atoms. The van der Waals surface area contributed by atoms with Crippen molar-refractivity contribution in [3.63, 3.8) is 0 Å². The van der Waals surface area contributed by atoms with Crippen LogP contribution < -0.4 is 5.32 Å². The average molecular weight is 460 g/mol. The number of nitrogens with zero attached hydrogens (tertiary/aromatic N) is 2. The second kappa shape index (κ2) is 9.79. The number of benzene rings is 3. The Hall–Kier alpha value is -4.13. The van der Waals surface area contributed by atoms with Gasteiger partial charge in [0.15, 0.2) is 0 Å². The number of rotatable bonds is 4. The first kappa shape index (κ1) is 21.7. The van der Waals surface area contributed by atoms with E-state index in [-0.39, 0.29) is 0 Å². The minimum atomic E-state index is 0.722. The molecule has 3 nitrogen and oxygen atoms in total. The van der Waals surface area contributed by atoms with E-state index < -0.39 is 0 Å². The summed E-state index contributed by atoms with van der Waals surface area (Å²) in [5.74, 6) is 7.28. The van der Waals surface area contributed by atoms with Crippen molar-refractivity contribution in [3.8, 4) is 23.0 Å². The number of halogens is 1. The standard InChI is InChI=1S/C30H22ClN3/c1-21-17-30(33-19-23-5-3-2-4-6-23)34-29-16-8-22(18-28(21)29)7-14-27-15-11-25(20-32-27)24-9-12-26(31)13-10-24/h2-6,8-13,15-18,20H,19H2,1H3,(H,33,34). The third kappa shape index (κ3) is 5.09. The van der Waals surface area contributed by atoms with Gasteiger partial charge in [-0.2, -0.15) is 0 Å². The van der Waals surface area contributed by atoms with Gasteiger partial charge in [-0.05, 0) is 72.0 Å². The minimum absolute atomic E-state index is 0.722. The summed E-state index contributed by atoms with van der Waals surface area (Å²) >= 11 is 5.97. The van der Waals surface area contributed by atoms with Crippen LogP contribution in [0.2, 0.25) is 5.02 Å². The second-order valence-electron chi connectivity index (χ2n) is 8.08. The van der Waals surface area contributed by atoms with Gasteiger partial charge in [0.1, 0.15) is 11.5 Å². The molecule has 0 saturated carbocycles. The summed E-state index contributed by atoms with van der Waals surface area (Å²) < 4.78 is 0. The van der Waals surface area contributed by atoms with Gasteiger partial charge in [0.2, 0.25) is 0 Å². The smallest absolute Gasteiger partial charge is 0.127 e. The van der Waals surface area contributed by atoms with E-state index in [1.807, 2.05) is 72.9 Å². The van der Waals surface area contributed by atoms with Crippen molar-refractivity contribution in [2.75, 3.05) is 5.32 Å². The van der Waals surface area contributed by atoms with Gasteiger partial charge in [-0.25, -0.2) is 9.97 Å². The van der Waals surface area contributed by atoms with Gasteiger partial charge in [0.25, 0.3) is 0 Å². The predicted molar refractivity (Wildman–Crippen MR) is 141 cm³/mol. The van der Waals surface area contributed by atoms with Crippen molar-refractivity contribution >= 4 is 28.3 Å². The summed E-state index contributed by atoms with van der Waals surface area (Å²) in [5.41, 5.74) is 7.11. The second-order valence-corrected chi connectivity index (χ2v) is 8.52. The van der Waals surface area contributed by atoms with Crippen LogP contribution in [-0.4, -0.2) is 9.97 Å². The molecule has 4 heteroatoms. The third-order valence-electron chi connectivity index (χ3n) is 5.61. The van der Waals surface area contributed by atoms with E-state index in [0.29, 0.717) is 0 Å². The van der Waals surface area contributed by atoms with Crippen LogP contribution in [0.1, 0.15) is 22.4 Å². The summed E-state index contributed by atoms with van der Waals surface area (Å²) in [4.78, 5) is 9.28. The molecular weight excluding hydrogens is 438 g/mol. The van der Waals surface area contributed by atoms with Crippen LogP contribution in [-0.2, 0) is 6.54 Å². The number of hydrogen-bond donors (Lipinski definition) is 1. The number of fused-ring (bicyclic) bond motifs is 1. The lowest BCUT2D eigenvalue weighted by atomic mass is 10.1. The number of aromatic nitrogens is 2. The summed E-state index contributed by atoms with van der Waals surface area (Å²) in [6.07, 6.45) is 1.84. The van der Waals surface area contributed by atoms with Crippen LogP contribution in [0, 0.1) is 18.8 Å². The number of hydrogen-bond acceptors (Lipinski definition) is 3. The molecule has 0 spiro atoms. The van der Waals surface area contributed by atoms with E-state index in [0.717, 1.165) is 56.2 Å². The lowest BCUT2D eigenvalue weighted by Gasteiger charge is -2.09. The maximum atomic E-state index is 5.97. The summed E-state index contributed by atoms with van der Waals surface area (Å²) in [6, 6.07) is 30.2. The Balaban J connectivity index is 1.33. The summed E-state index contributed by atoms with van der Waals surface area (Å²) in [7, 11) is 0. The first-order valence-corrected chi connectivity index (χ1v) is 11.4. The molecule has 164 valence electrons. The lowest BCUT2D eigenvalue weighted by molar-refractivity contribution is 1.12. The molecule has 0 amide bonds. The van der Waals surface area contributed by atoms with Crippen LogP contribution >= 0.6 is 11.6 Å². The highest BCUT2D eigenvalue weighted by Gasteiger charge is 2.04. The largest absolute Gasteiger partial charge is 0.366 e. The van der Waals surface area contributed by atoms with Crippen molar-refractivity contribution in [2.45, 2.75) is 13.5 Å². The minimum Gasteiger partial charge on any atom is -0.366 e. The molecule has 34 heavy (non-hydrogen) atoms. The van der Waals surface area contributed by atoms with Crippen molar-refractivity contribution in [1.29, 1.82) is 0 Å². The molecule has 3 aromatic carbocycles. The molecule has 0 saturated heterocycles. The van der Waals surface area contributed by atoms with E-state index in [9.17, 15) is 0 Å². The van der Waals surface area contributed by atoms with Crippen molar-refractivity contribution in [1.82, 2.24) is 9.97 Å². The fourth-order valence-corrected chi connectivity index (χ4v) is 3.89. The van der Waals surface area contributed by atoms with Crippen LogP contribution in [0.25, 0.3) is 22.0 Å². The number of anilines is 1. The van der Waals surface area contributed by atoms with Crippen molar-refractivity contribution in [3.05, 3.63) is 125 Å². The Bertz CT molecular complexity index is 1500. The van der Waals surface area contributed by atoms with Crippen LogP contribution in [0.3, 0.4) is 0 Å². The monoisotopic (exact) mass is 459 g/mol. The van der Waals surface area contributed by atoms with E-state index in [1.54, 1.807) is 0 Å². The predicted octanol–water partition coefficient (Wildman–Crippen LogP) is 7.27. The zero-order chi connectivity index (χ0) is 23.3. The highest BCUT2D eigenvalue weighted by Crippen LogP contribution is 2.23. The Labute approximate surface area is 204 Å². The maximum absolute atomic E-state index is 5.97. The molecular formula is C30H22ClN3. The van der Waals surface area contributed by atoms with Gasteiger partial charge < -0.3 is 5.32 Å². The molecule has 0 atom stereocenters. The lowest BCUT2D eigenvalue weighted by Crippen LogP contribution is -2.02. The quantitative estimate of drug-likeness (QED) is 0.287. The van der Waals surface area contributed by atoms with Gasteiger partial charge in [-0.15, -0.1) is 0 Å². The van der Waals surface area contributed by atoms with Crippen LogP contribution in [0.4, 0.5) is 5.82 Å². The molecule has 5 aromatic rings. The number of pyridine rings is 2. The molecule has 5 rings (SSSR count). The normalized spacial score (nSPS) is 10.5. The SMILES string of the molecule is Cc1cc(NCc2ccccc2)nc2ccc(C#Cc3ccc(-c4ccc(Cl)cc4)cn3)cc12. The molecule has 2 aromatic heterocycles. The highest BCUT2D eigenvalue weighted by molar-refractivity contribution is 6.30. The number of aryl methyl sites for hydroxylation is 1. The van der Waals surface area contributed by atoms with Crippen LogP contribution in [0.15, 0.2) is 97.2 Å². The maximum Gasteiger partial charge on any atom is 0.127 e. The average Bonchev–Trinajstić information content (AvgIpc) is 2.88. The van der Waals surface area contributed by atoms with E-state index in [1.165, 1.54) is 5.56 Å². The highest BCUT2D eigenvalue weighted by atomic mass is 35.5. The Morgan fingerprint density at radius 2 is 1.62 bits per heavy atom. The fraction of sp³-hybridized carbons (Fsp3) is 0.0667. The van der Waals surface area contributed by atoms with Gasteiger partial charge in [0.05, 0.1) is 5.52 Å². The van der Waals surface area contributed by atoms with Gasteiger partial charge in [-0.3, -0.25) is 0 Å². The van der Waals surface area contributed by atoms with Gasteiger partial charge in [0, 0.05) is 34.3 Å². The van der Waals surface area contributed by atoms with E-state index >= 15 is 0 Å². The Morgan fingerprint density at radius 3 is 2.38 bits per heavy atom. The zero-order valence-electron chi connectivity index (χ0n) is 18.7. The molecule has 0 radical (unpaired) electrons. The first-order valence-electron chi connectivity index (χ1n) is 11.1. The first-order chi connectivity index (χ1) is 16.6. The van der Waals surface area contributed by atoms with E-state index in [2.05, 4.69) is 53.3 Å². The Morgan fingerprint density at radius 1 is 0.824 bits per heavy atom. The molecule has 0 unspecified atom stereocenters. The molecule has 0 aliphatic heterocycles. The van der Waals surface area contributed by atoms with Crippen LogP contribution in [0.5, 0.6) is 0 Å². The summed E-state index contributed by atoms with van der Waals surface area (Å²) in [6.45, 7) is 2.85. The zero-order valence-corrected chi connectivity index (χ0v) is 19.5. The van der Waals surface area contributed by atoms with Crippen molar-refractivity contribution < 1.29 is 0 Å². The fourth-order valence-electron chi connectivity index (χ4n) is 3.77. The molecule has 1 N–H and O–H groups in total. The molecule has 0 fully saturated rings. The topological polar surface area (TPSA) is 37.8 Å². The van der Waals surface area contributed by atoms with Gasteiger partial charge >= 0.3 is 0 Å². The molecule has 2 heterocycles. The molecule has 0 aliphatic rings. The van der Waals surface area contributed by atoms with Crippen molar-refractivity contribution in [2.24, 2.45) is 0 Å². The third-order valence-corrected chi connectivity index (χ3v) is 5.86. The van der Waals surface area contributed by atoms with Gasteiger partial charge in [-0.1, -0.05) is 66.1 Å². The number of nitrogens with one attached hydrogen (secondary N) is 1.